The van der Waals surface area contributed by atoms with Crippen molar-refractivity contribution in [1.82, 2.24) is 4.90 Å². The average molecular weight is 437 g/mol. The van der Waals surface area contributed by atoms with Gasteiger partial charge in [0.2, 0.25) is 12.7 Å². The SMILES string of the molecule is Cc1cc(C)cc(NC(=O)CN2CC[C@@]3(O)CCCC[C@@H]3[C@@H]2c2ccc3c(c2)OCO3)c1. The highest BCUT2D eigenvalue weighted by Gasteiger charge is 2.49. The number of nitrogens with one attached hydrogen (secondary N) is 1. The van der Waals surface area contributed by atoms with Gasteiger partial charge >= 0.3 is 0 Å². The lowest BCUT2D eigenvalue weighted by Crippen LogP contribution is -2.56. The first-order chi connectivity index (χ1) is 15.4. The molecule has 3 atom stereocenters. The number of fused-ring (bicyclic) bond motifs is 2. The van der Waals surface area contributed by atoms with Gasteiger partial charge in [0, 0.05) is 24.2 Å². The molecule has 0 radical (unpaired) electrons. The summed E-state index contributed by atoms with van der Waals surface area (Å²) in [6, 6.07) is 12.1. The molecule has 0 unspecified atom stereocenters. The van der Waals surface area contributed by atoms with Crippen LogP contribution in [0, 0.1) is 19.8 Å². The Kier molecular flexibility index (Phi) is 5.59. The summed E-state index contributed by atoms with van der Waals surface area (Å²) in [7, 11) is 0. The molecule has 2 fully saturated rings. The van der Waals surface area contributed by atoms with Crippen LogP contribution in [0.25, 0.3) is 0 Å². The van der Waals surface area contributed by atoms with Crippen LogP contribution in [0.5, 0.6) is 11.5 Å². The highest BCUT2D eigenvalue weighted by molar-refractivity contribution is 5.92. The molecule has 0 aromatic heterocycles. The van der Waals surface area contributed by atoms with Crippen LogP contribution in [0.2, 0.25) is 0 Å². The van der Waals surface area contributed by atoms with Gasteiger partial charge in [0.15, 0.2) is 11.5 Å². The van der Waals surface area contributed by atoms with Crippen LogP contribution in [-0.2, 0) is 4.79 Å². The lowest BCUT2D eigenvalue weighted by atomic mass is 9.66. The van der Waals surface area contributed by atoms with Crippen molar-refractivity contribution in [2.24, 2.45) is 5.92 Å². The predicted molar refractivity (Wildman–Crippen MR) is 123 cm³/mol. The van der Waals surface area contributed by atoms with E-state index in [1.807, 2.05) is 38.1 Å². The van der Waals surface area contributed by atoms with Gasteiger partial charge in [-0.1, -0.05) is 25.0 Å². The van der Waals surface area contributed by atoms with Gasteiger partial charge in [-0.25, -0.2) is 0 Å². The van der Waals surface area contributed by atoms with E-state index in [0.717, 1.165) is 59.6 Å². The summed E-state index contributed by atoms with van der Waals surface area (Å²) in [5, 5.41) is 14.6. The van der Waals surface area contributed by atoms with E-state index >= 15 is 0 Å². The smallest absolute Gasteiger partial charge is 0.238 e. The zero-order chi connectivity index (χ0) is 22.3. The first kappa shape index (κ1) is 21.3. The van der Waals surface area contributed by atoms with Gasteiger partial charge in [-0.2, -0.15) is 0 Å². The fourth-order valence-corrected chi connectivity index (χ4v) is 5.89. The van der Waals surface area contributed by atoms with Crippen LogP contribution in [0.4, 0.5) is 5.69 Å². The third-order valence-electron chi connectivity index (χ3n) is 7.26. The van der Waals surface area contributed by atoms with Crippen molar-refractivity contribution in [1.29, 1.82) is 0 Å². The molecular weight excluding hydrogens is 404 g/mol. The molecular formula is C26H32N2O4. The van der Waals surface area contributed by atoms with Gasteiger partial charge in [-0.3, -0.25) is 9.69 Å². The molecule has 32 heavy (non-hydrogen) atoms. The van der Waals surface area contributed by atoms with Crippen molar-refractivity contribution in [3.8, 4) is 11.5 Å². The Labute approximate surface area is 189 Å². The molecule has 170 valence electrons. The third-order valence-corrected chi connectivity index (χ3v) is 7.26. The van der Waals surface area contributed by atoms with Crippen LogP contribution >= 0.6 is 0 Å². The van der Waals surface area contributed by atoms with Gasteiger partial charge in [-0.05, 0) is 74.1 Å². The molecule has 2 N–H and O–H groups in total. The van der Waals surface area contributed by atoms with E-state index in [0.29, 0.717) is 19.5 Å². The van der Waals surface area contributed by atoms with Crippen LogP contribution in [-0.4, -0.2) is 41.4 Å². The topological polar surface area (TPSA) is 71.0 Å². The van der Waals surface area contributed by atoms with E-state index in [1.54, 1.807) is 0 Å². The highest BCUT2D eigenvalue weighted by Crippen LogP contribution is 2.50. The number of nitrogens with zero attached hydrogens (tertiary/aromatic N) is 1. The Morgan fingerprint density at radius 2 is 1.88 bits per heavy atom. The molecule has 1 amide bonds. The minimum absolute atomic E-state index is 0.0259. The minimum Gasteiger partial charge on any atom is -0.454 e. The lowest BCUT2D eigenvalue weighted by Gasteiger charge is -2.52. The number of hydrogen-bond donors (Lipinski definition) is 2. The number of carbonyl (C=O) groups is 1. The van der Waals surface area contributed by atoms with Crippen molar-refractivity contribution in [2.45, 2.75) is 57.6 Å². The number of ether oxygens (including phenoxy) is 2. The van der Waals surface area contributed by atoms with Crippen LogP contribution < -0.4 is 14.8 Å². The monoisotopic (exact) mass is 436 g/mol. The number of hydrogen-bond acceptors (Lipinski definition) is 5. The predicted octanol–water partition coefficient (Wildman–Crippen LogP) is 4.34. The Morgan fingerprint density at radius 1 is 1.09 bits per heavy atom. The second-order valence-electron chi connectivity index (χ2n) is 9.66. The van der Waals surface area contributed by atoms with Crippen molar-refractivity contribution in [3.05, 3.63) is 53.1 Å². The number of benzene rings is 2. The molecule has 3 aliphatic rings. The van der Waals surface area contributed by atoms with Gasteiger partial charge in [0.1, 0.15) is 0 Å². The van der Waals surface area contributed by atoms with Crippen LogP contribution in [0.15, 0.2) is 36.4 Å². The highest BCUT2D eigenvalue weighted by atomic mass is 16.7. The molecule has 1 aliphatic carbocycles. The second-order valence-corrected chi connectivity index (χ2v) is 9.66. The minimum atomic E-state index is -0.667. The summed E-state index contributed by atoms with van der Waals surface area (Å²) >= 11 is 0. The van der Waals surface area contributed by atoms with E-state index in [2.05, 4.69) is 22.3 Å². The second kappa shape index (κ2) is 8.41. The van der Waals surface area contributed by atoms with E-state index < -0.39 is 5.60 Å². The number of likely N-dealkylation sites (tertiary alicyclic amines) is 1. The largest absolute Gasteiger partial charge is 0.454 e. The maximum absolute atomic E-state index is 13.0. The van der Waals surface area contributed by atoms with Crippen molar-refractivity contribution >= 4 is 11.6 Å². The summed E-state index contributed by atoms with van der Waals surface area (Å²) in [6.07, 6.45) is 4.67. The number of aliphatic hydroxyl groups is 1. The summed E-state index contributed by atoms with van der Waals surface area (Å²) in [5.41, 5.74) is 3.50. The Bertz CT molecular complexity index is 1000. The van der Waals surface area contributed by atoms with E-state index in [9.17, 15) is 9.90 Å². The summed E-state index contributed by atoms with van der Waals surface area (Å²) < 4.78 is 11.1. The van der Waals surface area contributed by atoms with Gasteiger partial charge in [0.25, 0.3) is 0 Å². The molecule has 6 heteroatoms. The molecule has 0 spiro atoms. The lowest BCUT2D eigenvalue weighted by molar-refractivity contribution is -0.135. The normalized spacial score (nSPS) is 27.1. The fourth-order valence-electron chi connectivity index (χ4n) is 5.89. The Balaban J connectivity index is 1.41. The van der Waals surface area contributed by atoms with Gasteiger partial charge in [-0.15, -0.1) is 0 Å². The molecule has 1 saturated heterocycles. The summed E-state index contributed by atoms with van der Waals surface area (Å²) in [6.45, 7) is 5.28. The molecule has 6 nitrogen and oxygen atoms in total. The molecule has 0 bridgehead atoms. The van der Waals surface area contributed by atoms with Crippen molar-refractivity contribution < 1.29 is 19.4 Å². The van der Waals surface area contributed by atoms with Gasteiger partial charge in [0.05, 0.1) is 12.1 Å². The Morgan fingerprint density at radius 3 is 2.69 bits per heavy atom. The quantitative estimate of drug-likeness (QED) is 0.746. The third kappa shape index (κ3) is 4.09. The van der Waals surface area contributed by atoms with E-state index in [-0.39, 0.29) is 24.7 Å². The molecule has 2 heterocycles. The van der Waals surface area contributed by atoms with Crippen molar-refractivity contribution in [3.63, 3.8) is 0 Å². The molecule has 2 aromatic carbocycles. The maximum Gasteiger partial charge on any atom is 0.238 e. The Hall–Kier alpha value is -2.57. The standard InChI is InChI=1S/C26H32N2O4/c1-17-11-18(2)13-20(12-17)27-24(29)15-28-10-9-26(30)8-4-3-5-21(26)25(28)19-6-7-22-23(14-19)32-16-31-22/h6-7,11-14,21,25,30H,3-5,8-10,15-16H2,1-2H3,(H,27,29)/t21-,25+,26+/m1/s1. The number of rotatable bonds is 4. The zero-order valence-electron chi connectivity index (χ0n) is 18.9. The fraction of sp³-hybridized carbons (Fsp3) is 0.500. The summed E-state index contributed by atoms with van der Waals surface area (Å²) in [4.78, 5) is 15.3. The zero-order valence-corrected chi connectivity index (χ0v) is 18.9. The number of carbonyl (C=O) groups excluding carboxylic acids is 1. The maximum atomic E-state index is 13.0. The molecule has 1 saturated carbocycles. The molecule has 2 aliphatic heterocycles. The van der Waals surface area contributed by atoms with E-state index in [4.69, 9.17) is 9.47 Å². The number of amides is 1. The summed E-state index contributed by atoms with van der Waals surface area (Å²) in [5.74, 6) is 1.57. The average Bonchev–Trinajstić information content (AvgIpc) is 3.20. The first-order valence-electron chi connectivity index (χ1n) is 11.7. The van der Waals surface area contributed by atoms with Gasteiger partial charge < -0.3 is 19.9 Å². The van der Waals surface area contributed by atoms with Crippen molar-refractivity contribution in [2.75, 3.05) is 25.2 Å². The van der Waals surface area contributed by atoms with Crippen LogP contribution in [0.3, 0.4) is 0 Å². The number of aryl methyl sites for hydroxylation is 2. The molecule has 2 aromatic rings. The van der Waals surface area contributed by atoms with E-state index in [1.165, 1.54) is 0 Å². The number of anilines is 1. The first-order valence-corrected chi connectivity index (χ1v) is 11.7. The molecule has 5 rings (SSSR count). The number of piperidine rings is 1. The van der Waals surface area contributed by atoms with Crippen LogP contribution in [0.1, 0.15) is 54.8 Å².